The highest BCUT2D eigenvalue weighted by molar-refractivity contribution is 9.10. The van der Waals surface area contributed by atoms with Gasteiger partial charge >= 0.3 is 0 Å². The van der Waals surface area contributed by atoms with Gasteiger partial charge in [-0.15, -0.1) is 5.10 Å². The van der Waals surface area contributed by atoms with Crippen molar-refractivity contribution in [1.82, 2.24) is 15.2 Å². The Balaban J connectivity index is 1.90. The average molecular weight is 338 g/mol. The van der Waals surface area contributed by atoms with Crippen LogP contribution in [0.15, 0.2) is 22.7 Å². The van der Waals surface area contributed by atoms with Crippen LogP contribution in [0.5, 0.6) is 5.75 Å². The fraction of sp³-hybridized carbons (Fsp3) is 0.385. The number of H-pyrrole nitrogens is 1. The van der Waals surface area contributed by atoms with E-state index in [4.69, 9.17) is 10.5 Å². The lowest BCUT2D eigenvalue weighted by Crippen LogP contribution is -2.26. The summed E-state index contributed by atoms with van der Waals surface area (Å²) >= 11 is 3.43. The summed E-state index contributed by atoms with van der Waals surface area (Å²) in [6.07, 6.45) is 0.978. The van der Waals surface area contributed by atoms with Gasteiger partial charge in [0.15, 0.2) is 5.82 Å². The quantitative estimate of drug-likeness (QED) is 0.892. The lowest BCUT2D eigenvalue weighted by molar-refractivity contribution is 0.416. The van der Waals surface area contributed by atoms with Crippen molar-refractivity contribution in [1.29, 1.82) is 0 Å². The molecule has 1 aromatic heterocycles. The summed E-state index contributed by atoms with van der Waals surface area (Å²) in [5.74, 6) is 2.14. The maximum absolute atomic E-state index is 5.91. The van der Waals surface area contributed by atoms with Gasteiger partial charge in [-0.05, 0) is 24.6 Å². The van der Waals surface area contributed by atoms with Crippen LogP contribution < -0.4 is 15.4 Å². The summed E-state index contributed by atoms with van der Waals surface area (Å²) in [6, 6.07) is 6.01. The maximum atomic E-state index is 5.91. The molecule has 1 fully saturated rings. The molecule has 1 atom stereocenters. The second-order valence-corrected chi connectivity index (χ2v) is 5.74. The lowest BCUT2D eigenvalue weighted by atomic mass is 10.2. The van der Waals surface area contributed by atoms with Gasteiger partial charge in [0.25, 0.3) is 0 Å². The smallest absolute Gasteiger partial charge is 0.245 e. The fourth-order valence-corrected chi connectivity index (χ4v) is 2.68. The van der Waals surface area contributed by atoms with Crippen molar-refractivity contribution in [2.45, 2.75) is 12.5 Å². The van der Waals surface area contributed by atoms with Crippen LogP contribution in [0.1, 0.15) is 6.42 Å². The molecule has 0 aliphatic carbocycles. The molecule has 106 valence electrons. The number of aromatic nitrogens is 3. The molecule has 0 bridgehead atoms. The van der Waals surface area contributed by atoms with Gasteiger partial charge in [0, 0.05) is 23.6 Å². The normalized spacial score (nSPS) is 18.6. The molecule has 1 saturated heterocycles. The molecular weight excluding hydrogens is 322 g/mol. The Morgan fingerprint density at radius 2 is 2.35 bits per heavy atom. The topological polar surface area (TPSA) is 80.1 Å². The number of nitrogens with two attached hydrogens (primary N) is 1. The highest BCUT2D eigenvalue weighted by Gasteiger charge is 2.23. The predicted molar refractivity (Wildman–Crippen MR) is 80.9 cm³/mol. The van der Waals surface area contributed by atoms with Crippen molar-refractivity contribution < 1.29 is 4.74 Å². The van der Waals surface area contributed by atoms with Crippen LogP contribution in [0.2, 0.25) is 0 Å². The molecule has 2 aromatic rings. The van der Waals surface area contributed by atoms with Crippen molar-refractivity contribution >= 4 is 21.9 Å². The minimum atomic E-state index is 0.208. The first kappa shape index (κ1) is 13.4. The maximum Gasteiger partial charge on any atom is 0.245 e. The van der Waals surface area contributed by atoms with Crippen LogP contribution in [0.3, 0.4) is 0 Å². The molecule has 3 rings (SSSR count). The molecule has 1 aromatic carbocycles. The molecule has 0 radical (unpaired) electrons. The number of ether oxygens (including phenoxy) is 1. The first-order valence-electron chi connectivity index (χ1n) is 6.44. The molecule has 0 amide bonds. The van der Waals surface area contributed by atoms with Gasteiger partial charge < -0.3 is 15.4 Å². The third kappa shape index (κ3) is 2.51. The summed E-state index contributed by atoms with van der Waals surface area (Å²) in [4.78, 5) is 6.64. The second-order valence-electron chi connectivity index (χ2n) is 4.82. The molecule has 1 unspecified atom stereocenters. The van der Waals surface area contributed by atoms with Crippen LogP contribution in [-0.4, -0.2) is 41.4 Å². The summed E-state index contributed by atoms with van der Waals surface area (Å²) < 4.78 is 6.34. The number of rotatable bonds is 3. The van der Waals surface area contributed by atoms with Crippen LogP contribution in [0.25, 0.3) is 11.4 Å². The van der Waals surface area contributed by atoms with E-state index in [2.05, 4.69) is 36.0 Å². The molecule has 0 spiro atoms. The standard InChI is InChI=1S/C13H16BrN5O/c1-20-11-6-8(14)2-3-10(11)12-16-13(18-17-12)19-5-4-9(15)7-19/h2-3,6,9H,4-5,7,15H2,1H3,(H,16,17,18). The molecule has 1 aliphatic rings. The molecule has 20 heavy (non-hydrogen) atoms. The summed E-state index contributed by atoms with van der Waals surface area (Å²) in [6.45, 7) is 1.70. The highest BCUT2D eigenvalue weighted by atomic mass is 79.9. The SMILES string of the molecule is COc1cc(Br)ccc1-c1nc(N2CCC(N)C2)n[nH]1. The minimum Gasteiger partial charge on any atom is -0.496 e. The number of nitrogens with zero attached hydrogens (tertiary/aromatic N) is 3. The van der Waals surface area contributed by atoms with E-state index in [9.17, 15) is 0 Å². The van der Waals surface area contributed by atoms with E-state index in [1.165, 1.54) is 0 Å². The summed E-state index contributed by atoms with van der Waals surface area (Å²) in [5.41, 5.74) is 6.80. The highest BCUT2D eigenvalue weighted by Crippen LogP contribution is 2.31. The lowest BCUT2D eigenvalue weighted by Gasteiger charge is -2.11. The van der Waals surface area contributed by atoms with Gasteiger partial charge in [-0.25, -0.2) is 0 Å². The Morgan fingerprint density at radius 3 is 3.05 bits per heavy atom. The van der Waals surface area contributed by atoms with Crippen molar-refractivity contribution in [2.24, 2.45) is 5.73 Å². The molecule has 0 saturated carbocycles. The van der Waals surface area contributed by atoms with Crippen LogP contribution in [-0.2, 0) is 0 Å². The van der Waals surface area contributed by atoms with E-state index >= 15 is 0 Å². The van der Waals surface area contributed by atoms with Crippen molar-refractivity contribution in [3.63, 3.8) is 0 Å². The zero-order valence-corrected chi connectivity index (χ0v) is 12.7. The molecule has 1 aliphatic heterocycles. The number of benzene rings is 1. The number of hydrogen-bond acceptors (Lipinski definition) is 5. The second kappa shape index (κ2) is 5.41. The van der Waals surface area contributed by atoms with Gasteiger partial charge in [0.05, 0.1) is 12.7 Å². The first-order valence-corrected chi connectivity index (χ1v) is 7.23. The predicted octanol–water partition coefficient (Wildman–Crippen LogP) is 1.78. The molecule has 6 nitrogen and oxygen atoms in total. The van der Waals surface area contributed by atoms with Gasteiger partial charge in [-0.2, -0.15) is 4.98 Å². The molecule has 2 heterocycles. The number of methoxy groups -OCH3 is 1. The Hall–Kier alpha value is -1.60. The van der Waals surface area contributed by atoms with Gasteiger partial charge in [-0.1, -0.05) is 15.9 Å². The van der Waals surface area contributed by atoms with Crippen LogP contribution in [0, 0.1) is 0 Å². The third-order valence-corrected chi connectivity index (χ3v) is 3.89. The first-order chi connectivity index (χ1) is 9.67. The van der Waals surface area contributed by atoms with Crippen molar-refractivity contribution in [2.75, 3.05) is 25.1 Å². The minimum absolute atomic E-state index is 0.208. The van der Waals surface area contributed by atoms with Crippen LogP contribution >= 0.6 is 15.9 Å². The van der Waals surface area contributed by atoms with Crippen molar-refractivity contribution in [3.8, 4) is 17.1 Å². The van der Waals surface area contributed by atoms with E-state index in [0.29, 0.717) is 11.8 Å². The Kier molecular flexibility index (Phi) is 3.62. The van der Waals surface area contributed by atoms with E-state index in [1.54, 1.807) is 7.11 Å². The largest absolute Gasteiger partial charge is 0.496 e. The molecular formula is C13H16BrN5O. The van der Waals surface area contributed by atoms with Gasteiger partial charge in [-0.3, -0.25) is 5.10 Å². The molecule has 3 N–H and O–H groups in total. The van der Waals surface area contributed by atoms with E-state index in [-0.39, 0.29) is 6.04 Å². The number of hydrogen-bond donors (Lipinski definition) is 2. The summed E-state index contributed by atoms with van der Waals surface area (Å²) in [7, 11) is 1.64. The Bertz CT molecular complexity index is 615. The molecule has 7 heteroatoms. The zero-order chi connectivity index (χ0) is 14.1. The number of halogens is 1. The Morgan fingerprint density at radius 1 is 1.50 bits per heavy atom. The Labute approximate surface area is 125 Å². The average Bonchev–Trinajstić information content (AvgIpc) is 3.07. The van der Waals surface area contributed by atoms with Crippen molar-refractivity contribution in [3.05, 3.63) is 22.7 Å². The van der Waals surface area contributed by atoms with E-state index < -0.39 is 0 Å². The van der Waals surface area contributed by atoms with Gasteiger partial charge in [0.1, 0.15) is 5.75 Å². The monoisotopic (exact) mass is 337 g/mol. The van der Waals surface area contributed by atoms with Crippen LogP contribution in [0.4, 0.5) is 5.95 Å². The third-order valence-electron chi connectivity index (χ3n) is 3.40. The summed E-state index contributed by atoms with van der Waals surface area (Å²) in [5, 5.41) is 7.24. The number of nitrogens with one attached hydrogen (secondary N) is 1. The fourth-order valence-electron chi connectivity index (χ4n) is 2.34. The number of anilines is 1. The zero-order valence-electron chi connectivity index (χ0n) is 11.1. The van der Waals surface area contributed by atoms with E-state index in [0.717, 1.165) is 35.3 Å². The number of aromatic amines is 1. The van der Waals surface area contributed by atoms with Gasteiger partial charge in [0.2, 0.25) is 5.95 Å². The van der Waals surface area contributed by atoms with E-state index in [1.807, 2.05) is 18.2 Å².